The van der Waals surface area contributed by atoms with Crippen molar-refractivity contribution in [2.45, 2.75) is 19.9 Å². The van der Waals surface area contributed by atoms with Crippen LogP contribution in [0.4, 0.5) is 4.39 Å². The molecule has 0 saturated carbocycles. The van der Waals surface area contributed by atoms with Gasteiger partial charge in [-0.3, -0.25) is 4.79 Å². The van der Waals surface area contributed by atoms with E-state index in [2.05, 4.69) is 5.32 Å². The number of aliphatic hydroxyl groups excluding tert-OH is 1. The van der Waals surface area contributed by atoms with Crippen LogP contribution in [0.1, 0.15) is 25.5 Å². The summed E-state index contributed by atoms with van der Waals surface area (Å²) in [5.41, 5.74) is 0.878. The summed E-state index contributed by atoms with van der Waals surface area (Å²) in [6.07, 6.45) is 0. The van der Waals surface area contributed by atoms with Gasteiger partial charge in [-0.05, 0) is 36.3 Å². The number of aliphatic hydroxyl groups is 1. The molecular formula is C14H20FNO2S. The van der Waals surface area contributed by atoms with Crippen LogP contribution in [0.25, 0.3) is 0 Å². The van der Waals surface area contributed by atoms with E-state index in [-0.39, 0.29) is 30.3 Å². The number of hydrogen-bond donors (Lipinski definition) is 2. The lowest BCUT2D eigenvalue weighted by Gasteiger charge is -2.14. The van der Waals surface area contributed by atoms with Crippen LogP contribution in [0.3, 0.4) is 0 Å². The molecule has 106 valence electrons. The molecule has 0 aliphatic carbocycles. The number of hydrogen-bond acceptors (Lipinski definition) is 3. The predicted molar refractivity (Wildman–Crippen MR) is 76.5 cm³/mol. The molecule has 1 amide bonds. The Kier molecular flexibility index (Phi) is 6.87. The second kappa shape index (κ2) is 8.17. The Morgan fingerprint density at radius 3 is 2.58 bits per heavy atom. The number of rotatable bonds is 7. The molecule has 5 heteroatoms. The molecule has 19 heavy (non-hydrogen) atoms. The van der Waals surface area contributed by atoms with Crippen LogP contribution in [0.15, 0.2) is 24.3 Å². The van der Waals surface area contributed by atoms with Gasteiger partial charge in [0.2, 0.25) is 5.91 Å². The van der Waals surface area contributed by atoms with Crippen molar-refractivity contribution in [3.63, 3.8) is 0 Å². The van der Waals surface area contributed by atoms with E-state index in [0.717, 1.165) is 11.3 Å². The van der Waals surface area contributed by atoms with Crippen molar-refractivity contribution in [1.82, 2.24) is 5.32 Å². The van der Waals surface area contributed by atoms with E-state index in [1.54, 1.807) is 12.1 Å². The quantitative estimate of drug-likeness (QED) is 0.808. The number of thioether (sulfide) groups is 1. The molecular weight excluding hydrogens is 265 g/mol. The molecule has 1 aromatic carbocycles. The standard InChI is InChI=1S/C14H20FNO2S/c1-10(7-17)8-19-9-14(18)16-11(2)12-3-5-13(15)6-4-12/h3-6,10-11,17H,7-9H2,1-2H3,(H,16,18). The zero-order valence-corrected chi connectivity index (χ0v) is 12.0. The van der Waals surface area contributed by atoms with Crippen molar-refractivity contribution in [1.29, 1.82) is 0 Å². The van der Waals surface area contributed by atoms with E-state index in [1.807, 2.05) is 13.8 Å². The van der Waals surface area contributed by atoms with Crippen LogP contribution in [-0.4, -0.2) is 29.1 Å². The number of halogens is 1. The zero-order chi connectivity index (χ0) is 14.3. The minimum absolute atomic E-state index is 0.0491. The maximum Gasteiger partial charge on any atom is 0.230 e. The first kappa shape index (κ1) is 16.0. The molecule has 2 unspecified atom stereocenters. The topological polar surface area (TPSA) is 49.3 Å². The van der Waals surface area contributed by atoms with Crippen LogP contribution < -0.4 is 5.32 Å². The van der Waals surface area contributed by atoms with Gasteiger partial charge in [-0.1, -0.05) is 19.1 Å². The fourth-order valence-corrected chi connectivity index (χ4v) is 2.42. The lowest BCUT2D eigenvalue weighted by molar-refractivity contribution is -0.119. The lowest BCUT2D eigenvalue weighted by atomic mass is 10.1. The Bertz CT molecular complexity index is 397. The van der Waals surface area contributed by atoms with Gasteiger partial charge >= 0.3 is 0 Å². The molecule has 1 aromatic rings. The first-order valence-electron chi connectivity index (χ1n) is 6.26. The van der Waals surface area contributed by atoms with Crippen molar-refractivity contribution >= 4 is 17.7 Å². The number of nitrogens with one attached hydrogen (secondary N) is 1. The minimum atomic E-state index is -0.282. The Morgan fingerprint density at radius 2 is 2.00 bits per heavy atom. The highest BCUT2D eigenvalue weighted by Gasteiger charge is 2.10. The van der Waals surface area contributed by atoms with E-state index >= 15 is 0 Å². The first-order valence-corrected chi connectivity index (χ1v) is 7.41. The lowest BCUT2D eigenvalue weighted by Crippen LogP contribution is -2.28. The average Bonchev–Trinajstić information content (AvgIpc) is 2.39. The maximum absolute atomic E-state index is 12.8. The van der Waals surface area contributed by atoms with Gasteiger partial charge in [0, 0.05) is 6.61 Å². The van der Waals surface area contributed by atoms with Crippen molar-refractivity contribution in [3.05, 3.63) is 35.6 Å². The van der Waals surface area contributed by atoms with Crippen LogP contribution >= 0.6 is 11.8 Å². The van der Waals surface area contributed by atoms with E-state index in [9.17, 15) is 9.18 Å². The second-order valence-corrected chi connectivity index (χ2v) is 5.67. The normalized spacial score (nSPS) is 13.9. The van der Waals surface area contributed by atoms with Crippen molar-refractivity contribution in [2.75, 3.05) is 18.1 Å². The molecule has 0 bridgehead atoms. The number of amides is 1. The molecule has 1 rings (SSSR count). The molecule has 3 nitrogen and oxygen atoms in total. The maximum atomic E-state index is 12.8. The van der Waals surface area contributed by atoms with Gasteiger partial charge in [0.15, 0.2) is 0 Å². The predicted octanol–water partition coefficient (Wildman–Crippen LogP) is 2.36. The number of benzene rings is 1. The summed E-state index contributed by atoms with van der Waals surface area (Å²) < 4.78 is 12.8. The summed E-state index contributed by atoms with van der Waals surface area (Å²) in [6.45, 7) is 3.94. The Balaban J connectivity index is 2.33. The fourth-order valence-electron chi connectivity index (χ4n) is 1.52. The summed E-state index contributed by atoms with van der Waals surface area (Å²) in [4.78, 5) is 11.7. The Labute approximate surface area is 117 Å². The van der Waals surface area contributed by atoms with E-state index in [4.69, 9.17) is 5.11 Å². The Morgan fingerprint density at radius 1 is 1.37 bits per heavy atom. The summed E-state index contributed by atoms with van der Waals surface area (Å²) >= 11 is 1.50. The van der Waals surface area contributed by atoms with Gasteiger partial charge < -0.3 is 10.4 Å². The molecule has 0 spiro atoms. The Hall–Kier alpha value is -1.07. The largest absolute Gasteiger partial charge is 0.396 e. The third-order valence-corrected chi connectivity index (χ3v) is 3.97. The third-order valence-electron chi connectivity index (χ3n) is 2.69. The summed E-state index contributed by atoms with van der Waals surface area (Å²) in [6, 6.07) is 5.97. The van der Waals surface area contributed by atoms with E-state index in [0.29, 0.717) is 5.75 Å². The summed E-state index contributed by atoms with van der Waals surface area (Å²) in [5.74, 6) is 1.00. The minimum Gasteiger partial charge on any atom is -0.396 e. The first-order chi connectivity index (χ1) is 9.02. The van der Waals surface area contributed by atoms with Gasteiger partial charge in [0.25, 0.3) is 0 Å². The average molecular weight is 285 g/mol. The van der Waals surface area contributed by atoms with Crippen molar-refractivity contribution < 1.29 is 14.3 Å². The summed E-state index contributed by atoms with van der Waals surface area (Å²) in [5, 5.41) is 11.7. The van der Waals surface area contributed by atoms with E-state index < -0.39 is 0 Å². The van der Waals surface area contributed by atoms with Crippen molar-refractivity contribution in [3.8, 4) is 0 Å². The molecule has 0 saturated heterocycles. The van der Waals surface area contributed by atoms with Gasteiger partial charge in [-0.25, -0.2) is 4.39 Å². The fraction of sp³-hybridized carbons (Fsp3) is 0.500. The molecule has 0 radical (unpaired) electrons. The number of carbonyl (C=O) groups is 1. The molecule has 0 aliphatic heterocycles. The highest BCUT2D eigenvalue weighted by molar-refractivity contribution is 7.99. The molecule has 0 aromatic heterocycles. The monoisotopic (exact) mass is 285 g/mol. The van der Waals surface area contributed by atoms with Gasteiger partial charge in [0.05, 0.1) is 11.8 Å². The zero-order valence-electron chi connectivity index (χ0n) is 11.2. The third kappa shape index (κ3) is 6.07. The van der Waals surface area contributed by atoms with Gasteiger partial charge in [-0.15, -0.1) is 0 Å². The van der Waals surface area contributed by atoms with Crippen LogP contribution in [0.5, 0.6) is 0 Å². The highest BCUT2D eigenvalue weighted by Crippen LogP contribution is 2.13. The highest BCUT2D eigenvalue weighted by atomic mass is 32.2. The molecule has 0 heterocycles. The smallest absolute Gasteiger partial charge is 0.230 e. The SMILES string of the molecule is CC(CO)CSCC(=O)NC(C)c1ccc(F)cc1. The molecule has 2 N–H and O–H groups in total. The van der Waals surface area contributed by atoms with E-state index in [1.165, 1.54) is 23.9 Å². The van der Waals surface area contributed by atoms with Crippen LogP contribution in [0, 0.1) is 11.7 Å². The van der Waals surface area contributed by atoms with Gasteiger partial charge in [0.1, 0.15) is 5.82 Å². The van der Waals surface area contributed by atoms with Crippen molar-refractivity contribution in [2.24, 2.45) is 5.92 Å². The molecule has 0 fully saturated rings. The number of carbonyl (C=O) groups excluding carboxylic acids is 1. The summed E-state index contributed by atoms with van der Waals surface area (Å²) in [7, 11) is 0. The molecule has 2 atom stereocenters. The molecule has 0 aliphatic rings. The second-order valence-electron chi connectivity index (χ2n) is 4.64. The van der Waals surface area contributed by atoms with Gasteiger partial charge in [-0.2, -0.15) is 11.8 Å². The van der Waals surface area contributed by atoms with Crippen LogP contribution in [0.2, 0.25) is 0 Å². The van der Waals surface area contributed by atoms with Crippen LogP contribution in [-0.2, 0) is 4.79 Å².